The number of unbranched alkanes of at least 4 members (excludes halogenated alkanes) is 38. The van der Waals surface area contributed by atoms with E-state index in [0.717, 1.165) is 89.9 Å². The summed E-state index contributed by atoms with van der Waals surface area (Å²) in [6.45, 7) is 6.49. The van der Waals surface area contributed by atoms with Gasteiger partial charge in [-0.15, -0.1) is 0 Å². The predicted molar refractivity (Wildman–Crippen MR) is 348 cm³/mol. The van der Waals surface area contributed by atoms with Crippen molar-refractivity contribution in [3.63, 3.8) is 0 Å². The maximum absolute atomic E-state index is 12.9. The molecule has 1 atom stereocenters. The lowest BCUT2D eigenvalue weighted by Gasteiger charge is -2.18. The summed E-state index contributed by atoms with van der Waals surface area (Å²) in [6.07, 6.45) is 90.8. The van der Waals surface area contributed by atoms with Crippen molar-refractivity contribution in [2.45, 2.75) is 354 Å². The normalized spacial score (nSPS) is 12.6. The lowest BCUT2D eigenvalue weighted by atomic mass is 10.0. The average Bonchev–Trinajstić information content (AvgIpc) is 3.46. The van der Waals surface area contributed by atoms with Crippen molar-refractivity contribution in [1.29, 1.82) is 0 Å². The fourth-order valence-corrected chi connectivity index (χ4v) is 10.0. The van der Waals surface area contributed by atoms with Gasteiger partial charge in [0.05, 0.1) is 0 Å². The summed E-state index contributed by atoms with van der Waals surface area (Å²) in [6, 6.07) is 0. The van der Waals surface area contributed by atoms with Gasteiger partial charge in [0.1, 0.15) is 13.2 Å². The quantitative estimate of drug-likeness (QED) is 0.0261. The molecule has 462 valence electrons. The highest BCUT2D eigenvalue weighted by molar-refractivity contribution is 5.71. The van der Waals surface area contributed by atoms with Crippen LogP contribution in [0.3, 0.4) is 0 Å². The van der Waals surface area contributed by atoms with Crippen LogP contribution in [-0.4, -0.2) is 37.2 Å². The molecule has 0 bridgehead atoms. The van der Waals surface area contributed by atoms with E-state index in [0.29, 0.717) is 19.3 Å². The van der Waals surface area contributed by atoms with E-state index >= 15 is 0 Å². The largest absolute Gasteiger partial charge is 0.462 e. The second kappa shape index (κ2) is 68.1. The van der Waals surface area contributed by atoms with Gasteiger partial charge in [-0.3, -0.25) is 14.4 Å². The van der Waals surface area contributed by atoms with Gasteiger partial charge in [-0.25, -0.2) is 0 Å². The topological polar surface area (TPSA) is 78.9 Å². The van der Waals surface area contributed by atoms with E-state index in [1.165, 1.54) is 212 Å². The van der Waals surface area contributed by atoms with Crippen molar-refractivity contribution in [1.82, 2.24) is 0 Å². The smallest absolute Gasteiger partial charge is 0.306 e. The Hall–Kier alpha value is -3.41. The molecule has 0 amide bonds. The Morgan fingerprint density at radius 3 is 0.750 bits per heavy atom. The van der Waals surface area contributed by atoms with Gasteiger partial charge in [-0.2, -0.15) is 0 Å². The zero-order chi connectivity index (χ0) is 57.8. The number of ether oxygens (including phenoxy) is 3. The minimum Gasteiger partial charge on any atom is -0.462 e. The van der Waals surface area contributed by atoms with Crippen LogP contribution in [0.25, 0.3) is 0 Å². The van der Waals surface area contributed by atoms with Gasteiger partial charge in [0.15, 0.2) is 6.10 Å². The summed E-state index contributed by atoms with van der Waals surface area (Å²) < 4.78 is 16.8. The third-order valence-corrected chi connectivity index (χ3v) is 15.2. The SMILES string of the molecule is CC/C=C\C/C=C\C/C=C\C/C=C\C/C=C\C/C=C\C/C=C\CCCC(=O)OC(COC(=O)CCCCCCCCCC)COC(=O)CCCCCCCCCCCCCCCCCCCCCCCCCCCCCCCCC. The van der Waals surface area contributed by atoms with Crippen LogP contribution in [0.5, 0.6) is 0 Å². The van der Waals surface area contributed by atoms with Gasteiger partial charge >= 0.3 is 17.9 Å². The minimum atomic E-state index is -0.805. The van der Waals surface area contributed by atoms with Crippen molar-refractivity contribution in [3.05, 3.63) is 85.1 Å². The summed E-state index contributed by atoms with van der Waals surface area (Å²) >= 11 is 0. The molecule has 0 aliphatic rings. The Morgan fingerprint density at radius 1 is 0.263 bits per heavy atom. The summed E-state index contributed by atoms with van der Waals surface area (Å²) in [5, 5.41) is 0. The van der Waals surface area contributed by atoms with Crippen LogP contribution in [0.4, 0.5) is 0 Å². The highest BCUT2D eigenvalue weighted by atomic mass is 16.6. The van der Waals surface area contributed by atoms with Crippen LogP contribution in [-0.2, 0) is 28.6 Å². The van der Waals surface area contributed by atoms with Crippen LogP contribution in [0.2, 0.25) is 0 Å². The van der Waals surface area contributed by atoms with Gasteiger partial charge < -0.3 is 14.2 Å². The van der Waals surface area contributed by atoms with Crippen LogP contribution in [0, 0.1) is 0 Å². The number of hydrogen-bond donors (Lipinski definition) is 0. The summed E-state index contributed by atoms with van der Waals surface area (Å²) in [5.41, 5.74) is 0. The number of carbonyl (C=O) groups excluding carboxylic acids is 3. The summed E-state index contributed by atoms with van der Waals surface area (Å²) in [4.78, 5) is 38.2. The Bertz CT molecular complexity index is 1520. The molecule has 0 heterocycles. The van der Waals surface area contributed by atoms with E-state index in [1.54, 1.807) is 0 Å². The van der Waals surface area contributed by atoms with E-state index < -0.39 is 6.10 Å². The van der Waals surface area contributed by atoms with Crippen molar-refractivity contribution in [3.8, 4) is 0 Å². The molecule has 0 saturated carbocycles. The molecule has 0 aliphatic heterocycles. The van der Waals surface area contributed by atoms with Crippen molar-refractivity contribution < 1.29 is 28.6 Å². The van der Waals surface area contributed by atoms with Crippen LogP contribution >= 0.6 is 0 Å². The summed E-state index contributed by atoms with van der Waals surface area (Å²) in [5.74, 6) is -0.947. The van der Waals surface area contributed by atoms with Gasteiger partial charge in [0.25, 0.3) is 0 Å². The molecule has 0 saturated heterocycles. The third kappa shape index (κ3) is 65.4. The molecule has 0 aromatic heterocycles. The zero-order valence-electron chi connectivity index (χ0n) is 53.1. The molecule has 0 spiro atoms. The van der Waals surface area contributed by atoms with Crippen molar-refractivity contribution >= 4 is 17.9 Å². The molecule has 0 rings (SSSR count). The van der Waals surface area contributed by atoms with Crippen molar-refractivity contribution in [2.24, 2.45) is 0 Å². The molecule has 6 heteroatoms. The molecule has 0 aliphatic carbocycles. The lowest BCUT2D eigenvalue weighted by Crippen LogP contribution is -2.30. The molecule has 0 aromatic carbocycles. The number of hydrogen-bond acceptors (Lipinski definition) is 6. The third-order valence-electron chi connectivity index (χ3n) is 15.2. The zero-order valence-corrected chi connectivity index (χ0v) is 53.1. The summed E-state index contributed by atoms with van der Waals surface area (Å²) in [7, 11) is 0. The lowest BCUT2D eigenvalue weighted by molar-refractivity contribution is -0.167. The first kappa shape index (κ1) is 76.6. The first-order chi connectivity index (χ1) is 39.5. The van der Waals surface area contributed by atoms with Crippen LogP contribution in [0.15, 0.2) is 85.1 Å². The molecule has 0 radical (unpaired) electrons. The maximum Gasteiger partial charge on any atom is 0.306 e. The standard InChI is InChI=1S/C74H130O6/c1-4-7-10-13-16-19-21-23-25-27-29-31-33-34-35-36-37-38-39-40-42-43-45-47-49-51-53-55-58-61-64-67-73(76)79-70-71(69-78-72(75)66-63-60-57-18-15-12-9-6-3)80-74(77)68-65-62-59-56-54-52-50-48-46-44-41-32-30-28-26-24-22-20-17-14-11-8-5-2/h8,11,17,20,24,26,30,32,44,46,50,52,56,59,71H,4-7,9-10,12-16,18-19,21-23,25,27-29,31,33-43,45,47-49,51,53-55,57-58,60-70H2,1-3H3/b11-8-,20-17-,26-24-,32-30-,46-44-,52-50-,59-56-. The van der Waals surface area contributed by atoms with E-state index in [9.17, 15) is 14.4 Å². The Kier molecular flexibility index (Phi) is 65.2. The second-order valence-electron chi connectivity index (χ2n) is 23.1. The highest BCUT2D eigenvalue weighted by Gasteiger charge is 2.19. The van der Waals surface area contributed by atoms with E-state index in [1.807, 2.05) is 0 Å². The fourth-order valence-electron chi connectivity index (χ4n) is 10.0. The second-order valence-corrected chi connectivity index (χ2v) is 23.1. The molecule has 1 unspecified atom stereocenters. The Labute approximate surface area is 496 Å². The molecule has 0 fully saturated rings. The number of allylic oxidation sites excluding steroid dienone is 14. The van der Waals surface area contributed by atoms with E-state index in [-0.39, 0.29) is 37.5 Å². The van der Waals surface area contributed by atoms with Crippen molar-refractivity contribution in [2.75, 3.05) is 13.2 Å². The van der Waals surface area contributed by atoms with Gasteiger partial charge in [0, 0.05) is 19.3 Å². The molecular formula is C74H130O6. The number of rotatable bonds is 63. The van der Waals surface area contributed by atoms with E-state index in [2.05, 4.69) is 106 Å². The van der Waals surface area contributed by atoms with E-state index in [4.69, 9.17) is 14.2 Å². The molecule has 80 heavy (non-hydrogen) atoms. The molecular weight excluding hydrogens is 985 g/mol. The van der Waals surface area contributed by atoms with Crippen LogP contribution in [0.1, 0.15) is 348 Å². The first-order valence-corrected chi connectivity index (χ1v) is 34.6. The van der Waals surface area contributed by atoms with Crippen LogP contribution < -0.4 is 0 Å². The minimum absolute atomic E-state index is 0.0961. The molecule has 0 N–H and O–H groups in total. The first-order valence-electron chi connectivity index (χ1n) is 34.6. The number of esters is 3. The molecule has 0 aromatic rings. The maximum atomic E-state index is 12.9. The van der Waals surface area contributed by atoms with Gasteiger partial charge in [-0.05, 0) is 70.6 Å². The average molecular weight is 1120 g/mol. The van der Waals surface area contributed by atoms with Gasteiger partial charge in [-0.1, -0.05) is 343 Å². The monoisotopic (exact) mass is 1110 g/mol. The highest BCUT2D eigenvalue weighted by Crippen LogP contribution is 2.18. The molecule has 6 nitrogen and oxygen atoms in total. The Balaban J connectivity index is 4.14. The van der Waals surface area contributed by atoms with Gasteiger partial charge in [0.2, 0.25) is 0 Å². The fraction of sp³-hybridized carbons (Fsp3) is 0.770. The predicted octanol–water partition coefficient (Wildman–Crippen LogP) is 23.8. The Morgan fingerprint density at radius 2 is 0.487 bits per heavy atom. The number of carbonyl (C=O) groups is 3.